The first kappa shape index (κ1) is 15.9. The number of imidazole rings is 1. The molecule has 6 nitrogen and oxygen atoms in total. The van der Waals surface area contributed by atoms with Crippen molar-refractivity contribution >= 4 is 0 Å². The minimum absolute atomic E-state index is 0.451. The summed E-state index contributed by atoms with van der Waals surface area (Å²) in [6.45, 7) is 2.00. The second-order valence-electron chi connectivity index (χ2n) is 5.21. The smallest absolute Gasteiger partial charge is 0.176 e. The lowest BCUT2D eigenvalue weighted by molar-refractivity contribution is 0.195. The molecule has 3 aromatic rings. The minimum atomic E-state index is 0.451. The SMILES string of the molecule is CCc1nc(-c2ccc(OC)c(OC)c2)n(O)c1-c1cccnc1. The third kappa shape index (κ3) is 2.67. The number of hydrogen-bond acceptors (Lipinski definition) is 5. The normalized spacial score (nSPS) is 10.6. The van der Waals surface area contributed by atoms with Gasteiger partial charge in [0, 0.05) is 23.5 Å². The van der Waals surface area contributed by atoms with Crippen molar-refractivity contribution in [2.75, 3.05) is 14.2 Å². The molecule has 0 amide bonds. The van der Waals surface area contributed by atoms with Gasteiger partial charge in [-0.3, -0.25) is 4.98 Å². The van der Waals surface area contributed by atoms with Crippen molar-refractivity contribution < 1.29 is 14.7 Å². The highest BCUT2D eigenvalue weighted by atomic mass is 16.5. The summed E-state index contributed by atoms with van der Waals surface area (Å²) in [4.78, 5) is 8.72. The molecule has 6 heteroatoms. The van der Waals surface area contributed by atoms with E-state index in [1.807, 2.05) is 25.1 Å². The zero-order valence-corrected chi connectivity index (χ0v) is 13.9. The molecule has 0 aliphatic rings. The Labute approximate surface area is 140 Å². The molecular formula is C18H19N3O3. The van der Waals surface area contributed by atoms with E-state index in [1.165, 1.54) is 0 Å². The largest absolute Gasteiger partial charge is 0.493 e. The summed E-state index contributed by atoms with van der Waals surface area (Å²) in [6.07, 6.45) is 4.10. The van der Waals surface area contributed by atoms with E-state index in [9.17, 15) is 5.21 Å². The zero-order chi connectivity index (χ0) is 17.1. The number of benzene rings is 1. The summed E-state index contributed by atoms with van der Waals surface area (Å²) < 4.78 is 11.7. The monoisotopic (exact) mass is 325 g/mol. The van der Waals surface area contributed by atoms with Gasteiger partial charge in [0.25, 0.3) is 0 Å². The first-order valence-electron chi connectivity index (χ1n) is 7.63. The summed E-state index contributed by atoms with van der Waals surface area (Å²) in [5.41, 5.74) is 3.00. The van der Waals surface area contributed by atoms with Gasteiger partial charge in [-0.2, -0.15) is 4.73 Å². The highest BCUT2D eigenvalue weighted by Gasteiger charge is 2.19. The van der Waals surface area contributed by atoms with Gasteiger partial charge < -0.3 is 14.7 Å². The van der Waals surface area contributed by atoms with Gasteiger partial charge >= 0.3 is 0 Å². The van der Waals surface area contributed by atoms with Crippen LogP contribution in [-0.2, 0) is 6.42 Å². The van der Waals surface area contributed by atoms with Crippen molar-refractivity contribution in [3.05, 3.63) is 48.4 Å². The predicted octanol–water partition coefficient (Wildman–Crippen LogP) is 3.43. The Morgan fingerprint density at radius 2 is 1.88 bits per heavy atom. The maximum absolute atomic E-state index is 10.7. The van der Waals surface area contributed by atoms with Gasteiger partial charge in [-0.05, 0) is 36.8 Å². The number of nitrogens with zero attached hydrogens (tertiary/aromatic N) is 3. The van der Waals surface area contributed by atoms with E-state index in [0.717, 1.165) is 21.6 Å². The molecule has 0 saturated carbocycles. The van der Waals surface area contributed by atoms with E-state index in [-0.39, 0.29) is 0 Å². The fourth-order valence-corrected chi connectivity index (χ4v) is 2.66. The third-order valence-electron chi connectivity index (χ3n) is 3.84. The minimum Gasteiger partial charge on any atom is -0.493 e. The fourth-order valence-electron chi connectivity index (χ4n) is 2.66. The Morgan fingerprint density at radius 3 is 2.50 bits per heavy atom. The molecule has 124 valence electrons. The molecule has 0 aliphatic carbocycles. The Bertz CT molecular complexity index is 844. The topological polar surface area (TPSA) is 69.4 Å². The molecular weight excluding hydrogens is 306 g/mol. The van der Waals surface area contributed by atoms with E-state index in [1.54, 1.807) is 38.7 Å². The average Bonchev–Trinajstić information content (AvgIpc) is 2.98. The standard InChI is InChI=1S/C18H19N3O3/c1-4-14-17(13-6-5-9-19-11-13)21(22)18(20-14)12-7-8-15(23-2)16(10-12)24-3/h5-11,22H,4H2,1-3H3. The maximum Gasteiger partial charge on any atom is 0.176 e. The van der Waals surface area contributed by atoms with E-state index in [0.29, 0.717) is 29.4 Å². The lowest BCUT2D eigenvalue weighted by Gasteiger charge is -2.09. The molecule has 0 unspecified atom stereocenters. The number of methoxy groups -OCH3 is 2. The van der Waals surface area contributed by atoms with Crippen LogP contribution in [0.3, 0.4) is 0 Å². The molecule has 2 aromatic heterocycles. The van der Waals surface area contributed by atoms with Crippen molar-refractivity contribution in [1.29, 1.82) is 0 Å². The molecule has 0 atom stereocenters. The molecule has 24 heavy (non-hydrogen) atoms. The molecule has 0 radical (unpaired) electrons. The zero-order valence-electron chi connectivity index (χ0n) is 13.9. The van der Waals surface area contributed by atoms with E-state index in [2.05, 4.69) is 9.97 Å². The number of rotatable bonds is 5. The Morgan fingerprint density at radius 1 is 1.08 bits per heavy atom. The van der Waals surface area contributed by atoms with Crippen molar-refractivity contribution in [2.24, 2.45) is 0 Å². The van der Waals surface area contributed by atoms with Gasteiger partial charge in [0.2, 0.25) is 0 Å². The predicted molar refractivity (Wildman–Crippen MR) is 90.6 cm³/mol. The Balaban J connectivity index is 2.15. The van der Waals surface area contributed by atoms with Gasteiger partial charge in [0.15, 0.2) is 17.3 Å². The maximum atomic E-state index is 10.7. The number of ether oxygens (including phenoxy) is 2. The quantitative estimate of drug-likeness (QED) is 0.728. The van der Waals surface area contributed by atoms with Crippen LogP contribution in [0.25, 0.3) is 22.6 Å². The van der Waals surface area contributed by atoms with Crippen LogP contribution in [0.4, 0.5) is 0 Å². The van der Waals surface area contributed by atoms with Gasteiger partial charge in [-0.25, -0.2) is 4.98 Å². The number of hydrogen-bond donors (Lipinski definition) is 1. The van der Waals surface area contributed by atoms with Crippen LogP contribution in [0.15, 0.2) is 42.7 Å². The summed E-state index contributed by atoms with van der Waals surface area (Å²) >= 11 is 0. The summed E-state index contributed by atoms with van der Waals surface area (Å²) in [5.74, 6) is 1.66. The fraction of sp³-hybridized carbons (Fsp3) is 0.222. The first-order chi connectivity index (χ1) is 11.7. The van der Waals surface area contributed by atoms with Crippen LogP contribution in [-0.4, -0.2) is 34.1 Å². The lowest BCUT2D eigenvalue weighted by atomic mass is 10.1. The average molecular weight is 325 g/mol. The molecule has 0 spiro atoms. The van der Waals surface area contributed by atoms with Gasteiger partial charge in [-0.1, -0.05) is 6.92 Å². The van der Waals surface area contributed by atoms with Gasteiger partial charge in [0.1, 0.15) is 5.69 Å². The van der Waals surface area contributed by atoms with Crippen LogP contribution in [0.5, 0.6) is 11.5 Å². The van der Waals surface area contributed by atoms with Crippen molar-refractivity contribution in [3.8, 4) is 34.1 Å². The van der Waals surface area contributed by atoms with Crippen LogP contribution in [0, 0.1) is 0 Å². The van der Waals surface area contributed by atoms with E-state index < -0.39 is 0 Å². The second kappa shape index (κ2) is 6.62. The second-order valence-corrected chi connectivity index (χ2v) is 5.21. The lowest BCUT2D eigenvalue weighted by Crippen LogP contribution is -1.98. The van der Waals surface area contributed by atoms with Crippen LogP contribution in [0.1, 0.15) is 12.6 Å². The highest BCUT2D eigenvalue weighted by Crippen LogP contribution is 2.34. The van der Waals surface area contributed by atoms with Crippen molar-refractivity contribution in [2.45, 2.75) is 13.3 Å². The Kier molecular flexibility index (Phi) is 4.37. The molecule has 2 heterocycles. The summed E-state index contributed by atoms with van der Waals surface area (Å²) in [5, 5.41) is 10.7. The van der Waals surface area contributed by atoms with Crippen LogP contribution in [0.2, 0.25) is 0 Å². The molecule has 0 saturated heterocycles. The third-order valence-corrected chi connectivity index (χ3v) is 3.84. The Hall–Kier alpha value is -3.02. The van der Waals surface area contributed by atoms with Gasteiger partial charge in [-0.15, -0.1) is 0 Å². The summed E-state index contributed by atoms with van der Waals surface area (Å²) in [7, 11) is 3.16. The molecule has 0 aliphatic heterocycles. The number of aryl methyl sites for hydroxylation is 1. The number of aromatic nitrogens is 3. The van der Waals surface area contributed by atoms with Gasteiger partial charge in [0.05, 0.1) is 19.9 Å². The van der Waals surface area contributed by atoms with Crippen LogP contribution >= 0.6 is 0 Å². The van der Waals surface area contributed by atoms with Crippen molar-refractivity contribution in [3.63, 3.8) is 0 Å². The molecule has 1 N–H and O–H groups in total. The number of pyridine rings is 1. The first-order valence-corrected chi connectivity index (χ1v) is 7.63. The van der Waals surface area contributed by atoms with Crippen LogP contribution < -0.4 is 9.47 Å². The summed E-state index contributed by atoms with van der Waals surface area (Å²) in [6, 6.07) is 9.15. The molecule has 0 fully saturated rings. The van der Waals surface area contributed by atoms with E-state index >= 15 is 0 Å². The van der Waals surface area contributed by atoms with Crippen molar-refractivity contribution in [1.82, 2.24) is 14.7 Å². The van der Waals surface area contributed by atoms with E-state index in [4.69, 9.17) is 9.47 Å². The molecule has 3 rings (SSSR count). The molecule has 1 aromatic carbocycles. The highest BCUT2D eigenvalue weighted by molar-refractivity contribution is 5.69. The molecule has 0 bridgehead atoms.